The number of benzene rings is 3. The van der Waals surface area contributed by atoms with Crippen molar-refractivity contribution in [3.8, 4) is 17.0 Å². The molecule has 1 aromatic heterocycles. The molecule has 0 bridgehead atoms. The number of aromatic nitrogens is 1. The minimum Gasteiger partial charge on any atom is -0.496 e. The van der Waals surface area contributed by atoms with Gasteiger partial charge in [-0.25, -0.2) is 4.98 Å². The predicted octanol–water partition coefficient (Wildman–Crippen LogP) is 6.29. The van der Waals surface area contributed by atoms with Gasteiger partial charge in [0.25, 0.3) is 5.91 Å². The van der Waals surface area contributed by atoms with E-state index in [0.717, 1.165) is 29.0 Å². The number of carboxylic acid groups (broad SMARTS) is 1. The monoisotopic (exact) mass is 583 g/mol. The van der Waals surface area contributed by atoms with Gasteiger partial charge in [0.05, 0.1) is 24.8 Å². The molecule has 1 amide bonds. The molecule has 0 fully saturated rings. The second kappa shape index (κ2) is 13.3. The van der Waals surface area contributed by atoms with Crippen molar-refractivity contribution >= 4 is 28.3 Å². The Bertz CT molecular complexity index is 1490. The average molecular weight is 584 g/mol. The molecule has 214 valence electrons. The third-order valence-electron chi connectivity index (χ3n) is 6.28. The van der Waals surface area contributed by atoms with Crippen molar-refractivity contribution in [1.82, 2.24) is 10.3 Å². The van der Waals surface area contributed by atoms with E-state index in [-0.39, 0.29) is 18.9 Å². The molecule has 0 radical (unpaired) electrons. The van der Waals surface area contributed by atoms with Gasteiger partial charge in [-0.2, -0.15) is 13.2 Å². The maximum absolute atomic E-state index is 13.3. The van der Waals surface area contributed by atoms with E-state index >= 15 is 0 Å². The summed E-state index contributed by atoms with van der Waals surface area (Å²) in [6, 6.07) is 19.7. The third kappa shape index (κ3) is 8.07. The Hall–Kier alpha value is -4.38. The smallest absolute Gasteiger partial charge is 0.416 e. The number of nitrogens with zero attached hydrogens (tertiary/aromatic N) is 2. The number of carboxylic acids is 1. The number of para-hydroxylation sites is 1. The average Bonchev–Trinajstić information content (AvgIpc) is 3.45. The van der Waals surface area contributed by atoms with Crippen LogP contribution in [0.25, 0.3) is 11.3 Å². The molecule has 0 saturated carbocycles. The molecule has 4 rings (SSSR count). The van der Waals surface area contributed by atoms with E-state index in [9.17, 15) is 22.8 Å². The summed E-state index contributed by atoms with van der Waals surface area (Å²) >= 11 is 1.42. The molecule has 0 atom stereocenters. The number of nitrogens with one attached hydrogen (secondary N) is 1. The van der Waals surface area contributed by atoms with Crippen LogP contribution in [0.4, 0.5) is 18.3 Å². The zero-order valence-corrected chi connectivity index (χ0v) is 23.0. The summed E-state index contributed by atoms with van der Waals surface area (Å²) in [7, 11) is 1.59. The molecular formula is C30H28F3N3O4S. The number of hydrogen-bond acceptors (Lipinski definition) is 6. The summed E-state index contributed by atoms with van der Waals surface area (Å²) in [4.78, 5) is 29.8. The molecular weight excluding hydrogens is 555 g/mol. The highest BCUT2D eigenvalue weighted by molar-refractivity contribution is 7.14. The van der Waals surface area contributed by atoms with Gasteiger partial charge >= 0.3 is 12.1 Å². The first-order valence-corrected chi connectivity index (χ1v) is 13.6. The summed E-state index contributed by atoms with van der Waals surface area (Å²) in [6.45, 7) is 0.828. The Morgan fingerprint density at radius 2 is 1.78 bits per heavy atom. The standard InChI is InChI=1S/C30H28F3N3O4S/c1-40-26-8-3-2-7-24(26)25-19-41-29(35-25)36(16-14-20-5-4-6-23(17-20)30(31,32)33)18-21-9-11-22(12-10-21)28(39)34-15-13-27(37)38/h2-12,17,19H,13-16,18H2,1H3,(H,34,39)(H,37,38). The SMILES string of the molecule is COc1ccccc1-c1csc(N(CCc2cccc(C(F)(F)F)c2)Cc2ccc(C(=O)NCCC(=O)O)cc2)n1. The van der Waals surface area contributed by atoms with Crippen LogP contribution in [-0.2, 0) is 23.9 Å². The number of anilines is 1. The van der Waals surface area contributed by atoms with Gasteiger partial charge < -0.3 is 20.1 Å². The van der Waals surface area contributed by atoms with Crippen molar-refractivity contribution in [3.05, 3.63) is 100 Å². The Kier molecular flexibility index (Phi) is 9.61. The van der Waals surface area contributed by atoms with E-state index in [2.05, 4.69) is 5.32 Å². The lowest BCUT2D eigenvalue weighted by Crippen LogP contribution is -2.26. The number of methoxy groups -OCH3 is 1. The molecule has 0 aliphatic heterocycles. The van der Waals surface area contributed by atoms with E-state index < -0.39 is 17.7 Å². The topological polar surface area (TPSA) is 91.8 Å². The van der Waals surface area contributed by atoms with Gasteiger partial charge in [0.1, 0.15) is 5.75 Å². The van der Waals surface area contributed by atoms with Crippen LogP contribution in [-0.4, -0.2) is 42.2 Å². The molecule has 11 heteroatoms. The first-order chi connectivity index (χ1) is 19.6. The Morgan fingerprint density at radius 1 is 1.02 bits per heavy atom. The van der Waals surface area contributed by atoms with Crippen molar-refractivity contribution in [2.75, 3.05) is 25.1 Å². The number of aliphatic carboxylic acids is 1. The Morgan fingerprint density at radius 3 is 2.49 bits per heavy atom. The van der Waals surface area contributed by atoms with Gasteiger partial charge in [-0.15, -0.1) is 11.3 Å². The highest BCUT2D eigenvalue weighted by atomic mass is 32.1. The number of carbonyl (C=O) groups is 2. The maximum Gasteiger partial charge on any atom is 0.416 e. The molecule has 0 saturated heterocycles. The van der Waals surface area contributed by atoms with E-state index in [1.54, 1.807) is 37.4 Å². The van der Waals surface area contributed by atoms with Gasteiger partial charge in [0.15, 0.2) is 5.13 Å². The van der Waals surface area contributed by atoms with Crippen LogP contribution in [0, 0.1) is 0 Å². The highest BCUT2D eigenvalue weighted by Gasteiger charge is 2.30. The molecule has 0 unspecified atom stereocenters. The summed E-state index contributed by atoms with van der Waals surface area (Å²) in [5, 5.41) is 13.9. The first kappa shape index (κ1) is 29.6. The van der Waals surface area contributed by atoms with Crippen molar-refractivity contribution in [2.45, 2.75) is 25.6 Å². The van der Waals surface area contributed by atoms with Crippen LogP contribution >= 0.6 is 11.3 Å². The molecule has 41 heavy (non-hydrogen) atoms. The largest absolute Gasteiger partial charge is 0.496 e. The fourth-order valence-corrected chi connectivity index (χ4v) is 5.02. The van der Waals surface area contributed by atoms with Crippen LogP contribution in [0.2, 0.25) is 0 Å². The first-order valence-electron chi connectivity index (χ1n) is 12.7. The summed E-state index contributed by atoms with van der Waals surface area (Å²) in [5.41, 5.74) is 2.67. The molecule has 0 aliphatic rings. The fraction of sp³-hybridized carbons (Fsp3) is 0.233. The second-order valence-corrected chi connectivity index (χ2v) is 10.0. The number of rotatable bonds is 12. The van der Waals surface area contributed by atoms with Crippen LogP contribution in [0.1, 0.15) is 33.5 Å². The van der Waals surface area contributed by atoms with E-state index in [4.69, 9.17) is 14.8 Å². The quantitative estimate of drug-likeness (QED) is 0.204. The van der Waals surface area contributed by atoms with Crippen LogP contribution in [0.15, 0.2) is 78.2 Å². The number of alkyl halides is 3. The zero-order chi connectivity index (χ0) is 29.4. The number of amides is 1. The van der Waals surface area contributed by atoms with Crippen molar-refractivity contribution in [2.24, 2.45) is 0 Å². The van der Waals surface area contributed by atoms with Crippen molar-refractivity contribution < 1.29 is 32.6 Å². The van der Waals surface area contributed by atoms with Crippen molar-refractivity contribution in [3.63, 3.8) is 0 Å². The molecule has 7 nitrogen and oxygen atoms in total. The zero-order valence-electron chi connectivity index (χ0n) is 22.1. The summed E-state index contributed by atoms with van der Waals surface area (Å²) in [5.74, 6) is -0.695. The number of thiazole rings is 1. The predicted molar refractivity (Wildman–Crippen MR) is 151 cm³/mol. The minimum atomic E-state index is -4.42. The van der Waals surface area contributed by atoms with Crippen molar-refractivity contribution in [1.29, 1.82) is 0 Å². The number of ether oxygens (including phenoxy) is 1. The van der Waals surface area contributed by atoms with Gasteiger partial charge in [0, 0.05) is 36.1 Å². The van der Waals surface area contributed by atoms with E-state index in [1.807, 2.05) is 34.5 Å². The molecule has 4 aromatic rings. The lowest BCUT2D eigenvalue weighted by molar-refractivity contribution is -0.138. The van der Waals surface area contributed by atoms with Gasteiger partial charge in [-0.3, -0.25) is 9.59 Å². The molecule has 2 N–H and O–H groups in total. The van der Waals surface area contributed by atoms with Gasteiger partial charge in [0.2, 0.25) is 0 Å². The maximum atomic E-state index is 13.3. The number of carbonyl (C=O) groups excluding carboxylic acids is 1. The highest BCUT2D eigenvalue weighted by Crippen LogP contribution is 2.34. The number of hydrogen-bond donors (Lipinski definition) is 2. The summed E-state index contributed by atoms with van der Waals surface area (Å²) < 4.78 is 45.2. The molecule has 0 aliphatic carbocycles. The Labute approximate surface area is 239 Å². The normalized spacial score (nSPS) is 11.2. The lowest BCUT2D eigenvalue weighted by Gasteiger charge is -2.22. The van der Waals surface area contributed by atoms with E-state index in [1.165, 1.54) is 17.4 Å². The molecule has 0 spiro atoms. The van der Waals surface area contributed by atoms with Crippen LogP contribution in [0.3, 0.4) is 0 Å². The van der Waals surface area contributed by atoms with Crippen LogP contribution < -0.4 is 15.0 Å². The second-order valence-electron chi connectivity index (χ2n) is 9.18. The third-order valence-corrected chi connectivity index (χ3v) is 7.19. The van der Waals surface area contributed by atoms with Crippen LogP contribution in [0.5, 0.6) is 5.75 Å². The van der Waals surface area contributed by atoms with E-state index in [0.29, 0.717) is 41.5 Å². The fourth-order valence-electron chi connectivity index (χ4n) is 4.17. The molecule has 1 heterocycles. The Balaban J connectivity index is 1.55. The van der Waals surface area contributed by atoms with Gasteiger partial charge in [-0.1, -0.05) is 42.5 Å². The molecule has 3 aromatic carbocycles. The number of halogens is 3. The van der Waals surface area contributed by atoms with Gasteiger partial charge in [-0.05, 0) is 47.9 Å². The lowest BCUT2D eigenvalue weighted by atomic mass is 10.1. The summed E-state index contributed by atoms with van der Waals surface area (Å²) in [6.07, 6.45) is -4.23. The minimum absolute atomic E-state index is 0.0256.